The summed E-state index contributed by atoms with van der Waals surface area (Å²) >= 11 is 0. The number of aromatic nitrogens is 3. The highest BCUT2D eigenvalue weighted by atomic mass is 15.5. The largest absolute Gasteiger partial charge is 0.381 e. The van der Waals surface area contributed by atoms with Crippen molar-refractivity contribution in [1.82, 2.24) is 15.0 Å². The fourth-order valence-electron chi connectivity index (χ4n) is 2.29. The minimum atomic E-state index is 0.545. The highest BCUT2D eigenvalue weighted by Crippen LogP contribution is 2.29. The molecule has 0 unspecified atom stereocenters. The molecule has 1 saturated carbocycles. The lowest BCUT2D eigenvalue weighted by molar-refractivity contribution is 0.317. The van der Waals surface area contributed by atoms with Crippen LogP contribution >= 0.6 is 0 Å². The molecule has 0 saturated heterocycles. The maximum Gasteiger partial charge on any atom is 0.169 e. The van der Waals surface area contributed by atoms with Gasteiger partial charge in [-0.2, -0.15) is 0 Å². The summed E-state index contributed by atoms with van der Waals surface area (Å²) in [6.45, 7) is 2.11. The van der Waals surface area contributed by atoms with Crippen molar-refractivity contribution in [2.24, 2.45) is 0 Å². The van der Waals surface area contributed by atoms with Crippen molar-refractivity contribution in [1.29, 1.82) is 0 Å². The van der Waals surface area contributed by atoms with E-state index in [0.717, 1.165) is 12.1 Å². The molecule has 0 amide bonds. The first-order valence-corrected chi connectivity index (χ1v) is 5.52. The average Bonchev–Trinajstić information content (AvgIpc) is 2.61. The van der Waals surface area contributed by atoms with Crippen molar-refractivity contribution in [2.45, 2.75) is 51.5 Å². The van der Waals surface area contributed by atoms with Crippen LogP contribution in [0.4, 0.5) is 5.82 Å². The van der Waals surface area contributed by atoms with E-state index >= 15 is 0 Å². The van der Waals surface area contributed by atoms with Gasteiger partial charge in [0.05, 0.1) is 11.7 Å². The van der Waals surface area contributed by atoms with Gasteiger partial charge in [0.15, 0.2) is 5.82 Å². The SMILES string of the molecule is CCc1c(N)nnn1C1CCCCC1. The zero-order valence-corrected chi connectivity index (χ0v) is 8.74. The first kappa shape index (κ1) is 9.49. The molecule has 2 N–H and O–H groups in total. The van der Waals surface area contributed by atoms with Crippen molar-refractivity contribution in [3.8, 4) is 0 Å². The summed E-state index contributed by atoms with van der Waals surface area (Å²) in [7, 11) is 0. The van der Waals surface area contributed by atoms with Crippen LogP contribution in [0.25, 0.3) is 0 Å². The van der Waals surface area contributed by atoms with Gasteiger partial charge >= 0.3 is 0 Å². The van der Waals surface area contributed by atoms with Gasteiger partial charge in [-0.3, -0.25) is 0 Å². The number of nitrogen functional groups attached to an aromatic ring is 1. The molecule has 4 heteroatoms. The summed E-state index contributed by atoms with van der Waals surface area (Å²) in [5.74, 6) is 0.609. The quantitative estimate of drug-likeness (QED) is 0.782. The minimum Gasteiger partial charge on any atom is -0.381 e. The van der Waals surface area contributed by atoms with E-state index in [0.29, 0.717) is 11.9 Å². The molecule has 0 spiro atoms. The third-order valence-electron chi connectivity index (χ3n) is 3.08. The van der Waals surface area contributed by atoms with Crippen molar-refractivity contribution in [2.75, 3.05) is 5.73 Å². The molecule has 1 aliphatic rings. The first-order valence-electron chi connectivity index (χ1n) is 5.52. The Balaban J connectivity index is 2.21. The molecule has 78 valence electrons. The average molecular weight is 194 g/mol. The molecule has 0 bridgehead atoms. The second-order valence-corrected chi connectivity index (χ2v) is 4.01. The molecule has 4 nitrogen and oxygen atoms in total. The Bertz CT molecular complexity index is 299. The summed E-state index contributed by atoms with van der Waals surface area (Å²) in [6.07, 6.45) is 7.38. The minimum absolute atomic E-state index is 0.545. The molecule has 1 aliphatic carbocycles. The number of nitrogens with two attached hydrogens (primary N) is 1. The van der Waals surface area contributed by atoms with E-state index < -0.39 is 0 Å². The predicted molar refractivity (Wildman–Crippen MR) is 55.9 cm³/mol. The standard InChI is InChI=1S/C10H18N4/c1-2-9-10(11)12-13-14(9)8-6-4-3-5-7-8/h8H,2-7,11H2,1H3. The summed E-state index contributed by atoms with van der Waals surface area (Å²) in [6, 6.07) is 0.545. The van der Waals surface area contributed by atoms with Crippen LogP contribution in [0.2, 0.25) is 0 Å². The fourth-order valence-corrected chi connectivity index (χ4v) is 2.29. The zero-order chi connectivity index (χ0) is 9.97. The van der Waals surface area contributed by atoms with Crippen LogP contribution in [-0.4, -0.2) is 15.0 Å². The van der Waals surface area contributed by atoms with Crippen LogP contribution in [0.1, 0.15) is 50.8 Å². The normalized spacial score (nSPS) is 18.6. The molecule has 14 heavy (non-hydrogen) atoms. The Hall–Kier alpha value is -1.06. The summed E-state index contributed by atoms with van der Waals surface area (Å²) in [5.41, 5.74) is 6.87. The first-order chi connectivity index (χ1) is 6.83. The molecule has 0 atom stereocenters. The van der Waals surface area contributed by atoms with E-state index in [1.165, 1.54) is 32.1 Å². The Labute approximate surface area is 84.5 Å². The van der Waals surface area contributed by atoms with E-state index in [1.807, 2.05) is 0 Å². The molecule has 1 heterocycles. The molecular weight excluding hydrogens is 176 g/mol. The van der Waals surface area contributed by atoms with Gasteiger partial charge in [-0.15, -0.1) is 5.10 Å². The molecule has 0 aromatic carbocycles. The van der Waals surface area contributed by atoms with Crippen LogP contribution in [-0.2, 0) is 6.42 Å². The van der Waals surface area contributed by atoms with Gasteiger partial charge < -0.3 is 5.73 Å². The Morgan fingerprint density at radius 3 is 2.71 bits per heavy atom. The van der Waals surface area contributed by atoms with Crippen molar-refractivity contribution >= 4 is 5.82 Å². The van der Waals surface area contributed by atoms with Gasteiger partial charge in [0.2, 0.25) is 0 Å². The molecule has 1 aromatic heterocycles. The van der Waals surface area contributed by atoms with E-state index in [4.69, 9.17) is 5.73 Å². The van der Waals surface area contributed by atoms with Gasteiger partial charge in [0, 0.05) is 0 Å². The number of rotatable bonds is 2. The highest BCUT2D eigenvalue weighted by Gasteiger charge is 2.19. The Kier molecular flexibility index (Phi) is 2.70. The highest BCUT2D eigenvalue weighted by molar-refractivity contribution is 5.32. The molecule has 1 fully saturated rings. The van der Waals surface area contributed by atoms with Crippen molar-refractivity contribution < 1.29 is 0 Å². The van der Waals surface area contributed by atoms with Gasteiger partial charge in [0.1, 0.15) is 0 Å². The van der Waals surface area contributed by atoms with Crippen LogP contribution < -0.4 is 5.73 Å². The lowest BCUT2D eigenvalue weighted by atomic mass is 9.95. The summed E-state index contributed by atoms with van der Waals surface area (Å²) in [4.78, 5) is 0. The van der Waals surface area contributed by atoms with Gasteiger partial charge in [-0.25, -0.2) is 4.68 Å². The van der Waals surface area contributed by atoms with Gasteiger partial charge in [-0.05, 0) is 19.3 Å². The number of anilines is 1. The molecule has 2 rings (SSSR count). The number of nitrogens with zero attached hydrogens (tertiary/aromatic N) is 3. The Morgan fingerprint density at radius 1 is 1.36 bits per heavy atom. The monoisotopic (exact) mass is 194 g/mol. The smallest absolute Gasteiger partial charge is 0.169 e. The lowest BCUT2D eigenvalue weighted by Crippen LogP contribution is -2.16. The maximum absolute atomic E-state index is 5.76. The van der Waals surface area contributed by atoms with E-state index in [9.17, 15) is 0 Å². The van der Waals surface area contributed by atoms with E-state index in [2.05, 4.69) is 21.9 Å². The number of hydrogen-bond donors (Lipinski definition) is 1. The van der Waals surface area contributed by atoms with Crippen molar-refractivity contribution in [3.63, 3.8) is 0 Å². The molecule has 0 aliphatic heterocycles. The van der Waals surface area contributed by atoms with Crippen molar-refractivity contribution in [3.05, 3.63) is 5.69 Å². The van der Waals surface area contributed by atoms with E-state index in [1.54, 1.807) is 0 Å². The predicted octanol–water partition coefficient (Wildman–Crippen LogP) is 1.93. The third kappa shape index (κ3) is 1.61. The van der Waals surface area contributed by atoms with Gasteiger partial charge in [-0.1, -0.05) is 31.4 Å². The molecule has 0 radical (unpaired) electrons. The zero-order valence-electron chi connectivity index (χ0n) is 8.74. The van der Waals surface area contributed by atoms with Crippen LogP contribution in [0.3, 0.4) is 0 Å². The molecule has 1 aromatic rings. The summed E-state index contributed by atoms with van der Waals surface area (Å²) < 4.78 is 2.05. The second kappa shape index (κ2) is 3.98. The lowest BCUT2D eigenvalue weighted by Gasteiger charge is -2.22. The topological polar surface area (TPSA) is 56.7 Å². The Morgan fingerprint density at radius 2 is 2.07 bits per heavy atom. The van der Waals surface area contributed by atoms with Crippen LogP contribution in [0.5, 0.6) is 0 Å². The maximum atomic E-state index is 5.76. The fraction of sp³-hybridized carbons (Fsp3) is 0.800. The summed E-state index contributed by atoms with van der Waals surface area (Å²) in [5, 5.41) is 8.11. The van der Waals surface area contributed by atoms with Crippen LogP contribution in [0.15, 0.2) is 0 Å². The second-order valence-electron chi connectivity index (χ2n) is 4.01. The van der Waals surface area contributed by atoms with E-state index in [-0.39, 0.29) is 0 Å². The third-order valence-corrected chi connectivity index (χ3v) is 3.08. The number of hydrogen-bond acceptors (Lipinski definition) is 3. The van der Waals surface area contributed by atoms with Gasteiger partial charge in [0.25, 0.3) is 0 Å². The van der Waals surface area contributed by atoms with Crippen LogP contribution in [0, 0.1) is 0 Å². The molecular formula is C10H18N4.